The van der Waals surface area contributed by atoms with Crippen molar-refractivity contribution >= 4 is 17.5 Å². The molecular formula is C19H28N6O3. The Labute approximate surface area is 164 Å². The summed E-state index contributed by atoms with van der Waals surface area (Å²) in [5.74, 6) is -0.272. The second kappa shape index (κ2) is 8.40. The molecule has 4 rings (SSSR count). The molecule has 28 heavy (non-hydrogen) atoms. The van der Waals surface area contributed by atoms with Crippen LogP contribution < -0.4 is 5.43 Å². The van der Waals surface area contributed by atoms with Gasteiger partial charge in [-0.2, -0.15) is 10.2 Å². The topological polar surface area (TPSA) is 92.1 Å². The van der Waals surface area contributed by atoms with E-state index in [1.54, 1.807) is 4.68 Å². The van der Waals surface area contributed by atoms with Gasteiger partial charge in [-0.05, 0) is 25.9 Å². The fourth-order valence-corrected chi connectivity index (χ4v) is 4.29. The Kier molecular flexibility index (Phi) is 5.72. The number of likely N-dealkylation sites (tertiary alicyclic amines) is 1. The third kappa shape index (κ3) is 4.10. The molecule has 0 saturated carbocycles. The summed E-state index contributed by atoms with van der Waals surface area (Å²) in [6.45, 7) is 3.95. The Morgan fingerprint density at radius 2 is 2.07 bits per heavy atom. The number of hydrogen-bond donors (Lipinski definition) is 1. The fourth-order valence-electron chi connectivity index (χ4n) is 4.29. The summed E-state index contributed by atoms with van der Waals surface area (Å²) >= 11 is 0. The maximum atomic E-state index is 13.2. The van der Waals surface area contributed by atoms with Gasteiger partial charge in [0.15, 0.2) is 0 Å². The lowest BCUT2D eigenvalue weighted by molar-refractivity contribution is -0.141. The molecule has 152 valence electrons. The first-order chi connectivity index (χ1) is 13.6. The molecule has 0 aromatic carbocycles. The molecule has 2 fully saturated rings. The number of ether oxygens (including phenoxy) is 1. The fraction of sp³-hybridized carbons (Fsp3) is 0.684. The summed E-state index contributed by atoms with van der Waals surface area (Å²) in [5.41, 5.74) is 3.81. The molecule has 1 N–H and O–H groups in total. The van der Waals surface area contributed by atoms with Gasteiger partial charge in [0.05, 0.1) is 24.9 Å². The summed E-state index contributed by atoms with van der Waals surface area (Å²) in [6, 6.07) is -0.211. The Hall–Kier alpha value is -2.26. The van der Waals surface area contributed by atoms with Gasteiger partial charge < -0.3 is 14.5 Å². The summed E-state index contributed by atoms with van der Waals surface area (Å²) in [7, 11) is 1.87. The minimum absolute atomic E-state index is 0.112. The average Bonchev–Trinajstić information content (AvgIpc) is 3.14. The Morgan fingerprint density at radius 1 is 1.25 bits per heavy atom. The van der Waals surface area contributed by atoms with Crippen molar-refractivity contribution in [2.24, 2.45) is 12.1 Å². The zero-order valence-corrected chi connectivity index (χ0v) is 16.3. The van der Waals surface area contributed by atoms with Crippen LogP contribution in [-0.2, 0) is 21.4 Å². The molecule has 4 heterocycles. The number of rotatable bonds is 4. The average molecular weight is 388 g/mol. The first-order valence-corrected chi connectivity index (χ1v) is 10.1. The molecule has 3 aliphatic heterocycles. The quantitative estimate of drug-likeness (QED) is 0.808. The van der Waals surface area contributed by atoms with E-state index in [2.05, 4.69) is 20.5 Å². The van der Waals surface area contributed by atoms with Crippen LogP contribution in [0, 0.1) is 0 Å². The lowest BCUT2D eigenvalue weighted by Crippen LogP contribution is -2.54. The van der Waals surface area contributed by atoms with Crippen molar-refractivity contribution in [3.63, 3.8) is 0 Å². The highest BCUT2D eigenvalue weighted by Gasteiger charge is 2.39. The van der Waals surface area contributed by atoms with E-state index in [0.29, 0.717) is 31.7 Å². The van der Waals surface area contributed by atoms with Gasteiger partial charge in [-0.1, -0.05) is 6.42 Å². The van der Waals surface area contributed by atoms with Gasteiger partial charge in [0.1, 0.15) is 5.71 Å². The molecule has 2 saturated heterocycles. The predicted molar refractivity (Wildman–Crippen MR) is 103 cm³/mol. The lowest BCUT2D eigenvalue weighted by Gasteiger charge is -2.43. The van der Waals surface area contributed by atoms with Gasteiger partial charge in [0.25, 0.3) is 5.91 Å². The number of amides is 2. The maximum absolute atomic E-state index is 13.2. The van der Waals surface area contributed by atoms with E-state index >= 15 is 0 Å². The molecule has 9 nitrogen and oxygen atoms in total. The molecule has 0 unspecified atom stereocenters. The predicted octanol–water partition coefficient (Wildman–Crippen LogP) is 0.441. The van der Waals surface area contributed by atoms with Crippen LogP contribution in [0.5, 0.6) is 0 Å². The first-order valence-electron chi connectivity index (χ1n) is 10.1. The number of nitrogens with zero attached hydrogens (tertiary/aromatic N) is 5. The van der Waals surface area contributed by atoms with Crippen molar-refractivity contribution in [1.29, 1.82) is 0 Å². The number of carbonyl (C=O) groups excluding carboxylic acids is 2. The second-order valence-corrected chi connectivity index (χ2v) is 7.75. The van der Waals surface area contributed by atoms with Gasteiger partial charge in [0.2, 0.25) is 5.91 Å². The van der Waals surface area contributed by atoms with Crippen LogP contribution in [-0.4, -0.2) is 76.0 Å². The van der Waals surface area contributed by atoms with E-state index in [1.165, 1.54) is 19.3 Å². The number of piperidine rings is 1. The van der Waals surface area contributed by atoms with Crippen LogP contribution in [0.1, 0.15) is 43.7 Å². The number of aryl methyl sites for hydroxylation is 1. The van der Waals surface area contributed by atoms with Crippen LogP contribution in [0.3, 0.4) is 0 Å². The standard InChI is InChI=1S/C19H28N6O3/c1-23-12-14(11-20-23)18-16(13-24-7-3-2-4-8-24)28-10-9-25(18)19(27)15-5-6-17(26)22-21-15/h11-12,16,18H,2-10,13H2,1H3,(H,22,26)/t16-,18-/m0/s1. The first kappa shape index (κ1) is 19.1. The number of nitrogens with one attached hydrogen (secondary N) is 1. The highest BCUT2D eigenvalue weighted by molar-refractivity contribution is 6.39. The van der Waals surface area contributed by atoms with Crippen LogP contribution in [0.25, 0.3) is 0 Å². The van der Waals surface area contributed by atoms with E-state index < -0.39 is 0 Å². The van der Waals surface area contributed by atoms with Gasteiger partial charge >= 0.3 is 0 Å². The molecule has 9 heteroatoms. The summed E-state index contributed by atoms with van der Waals surface area (Å²) in [5, 5.41) is 8.33. The monoisotopic (exact) mass is 388 g/mol. The smallest absolute Gasteiger partial charge is 0.270 e. The molecular weight excluding hydrogens is 360 g/mol. The number of hydrazone groups is 1. The molecule has 1 aromatic rings. The molecule has 1 aromatic heterocycles. The van der Waals surface area contributed by atoms with E-state index in [-0.39, 0.29) is 24.0 Å². The van der Waals surface area contributed by atoms with Crippen molar-refractivity contribution in [3.05, 3.63) is 18.0 Å². The molecule has 2 amide bonds. The van der Waals surface area contributed by atoms with Crippen molar-refractivity contribution in [2.45, 2.75) is 44.2 Å². The molecule has 3 aliphatic rings. The van der Waals surface area contributed by atoms with E-state index in [4.69, 9.17) is 4.74 Å². The van der Waals surface area contributed by atoms with Gasteiger partial charge in [-0.3, -0.25) is 14.3 Å². The summed E-state index contributed by atoms with van der Waals surface area (Å²) < 4.78 is 7.91. The third-order valence-electron chi connectivity index (χ3n) is 5.72. The van der Waals surface area contributed by atoms with Crippen LogP contribution in [0.4, 0.5) is 0 Å². The number of aromatic nitrogens is 2. The Bertz CT molecular complexity index is 755. The number of morpholine rings is 1. The van der Waals surface area contributed by atoms with E-state index in [1.807, 2.05) is 24.3 Å². The maximum Gasteiger partial charge on any atom is 0.270 e. The van der Waals surface area contributed by atoms with Crippen molar-refractivity contribution in [1.82, 2.24) is 25.0 Å². The summed E-state index contributed by atoms with van der Waals surface area (Å²) in [4.78, 5) is 28.9. The van der Waals surface area contributed by atoms with Gasteiger partial charge in [-0.25, -0.2) is 5.43 Å². The molecule has 0 bridgehead atoms. The SMILES string of the molecule is Cn1cc([C@H]2[C@H](CN3CCCCC3)OCCN2C(=O)C2=NNC(=O)CC2)cn1. The zero-order valence-electron chi connectivity index (χ0n) is 16.3. The highest BCUT2D eigenvalue weighted by Crippen LogP contribution is 2.31. The minimum atomic E-state index is -0.211. The molecule has 0 radical (unpaired) electrons. The van der Waals surface area contributed by atoms with Gasteiger partial charge in [0, 0.05) is 44.7 Å². The number of carbonyl (C=O) groups is 2. The van der Waals surface area contributed by atoms with Crippen molar-refractivity contribution in [3.8, 4) is 0 Å². The second-order valence-electron chi connectivity index (χ2n) is 7.75. The summed E-state index contributed by atoms with van der Waals surface area (Å²) in [6.07, 6.45) is 8.03. The van der Waals surface area contributed by atoms with Crippen LogP contribution >= 0.6 is 0 Å². The molecule has 2 atom stereocenters. The van der Waals surface area contributed by atoms with E-state index in [0.717, 1.165) is 25.2 Å². The van der Waals surface area contributed by atoms with Crippen LogP contribution in [0.2, 0.25) is 0 Å². The number of hydrogen-bond acceptors (Lipinski definition) is 6. The normalized spacial score (nSPS) is 26.7. The largest absolute Gasteiger partial charge is 0.373 e. The third-order valence-corrected chi connectivity index (χ3v) is 5.72. The highest BCUT2D eigenvalue weighted by atomic mass is 16.5. The van der Waals surface area contributed by atoms with Crippen molar-refractivity contribution < 1.29 is 14.3 Å². The Balaban J connectivity index is 1.58. The zero-order chi connectivity index (χ0) is 19.5. The molecule has 0 aliphatic carbocycles. The van der Waals surface area contributed by atoms with E-state index in [9.17, 15) is 9.59 Å². The Morgan fingerprint density at radius 3 is 2.75 bits per heavy atom. The van der Waals surface area contributed by atoms with Gasteiger partial charge in [-0.15, -0.1) is 0 Å². The lowest BCUT2D eigenvalue weighted by atomic mass is 9.98. The minimum Gasteiger partial charge on any atom is -0.373 e. The van der Waals surface area contributed by atoms with Crippen LogP contribution in [0.15, 0.2) is 17.5 Å². The van der Waals surface area contributed by atoms with Crippen molar-refractivity contribution in [2.75, 3.05) is 32.8 Å². The molecule has 0 spiro atoms.